The van der Waals surface area contributed by atoms with E-state index in [4.69, 9.17) is 18.3 Å². The first-order chi connectivity index (χ1) is 7.06. The molecule has 1 rings (SSSR count). The summed E-state index contributed by atoms with van der Waals surface area (Å²) in [5.41, 5.74) is 5.78. The summed E-state index contributed by atoms with van der Waals surface area (Å²) in [5, 5.41) is 0. The van der Waals surface area contributed by atoms with E-state index in [0.717, 1.165) is 0 Å². The van der Waals surface area contributed by atoms with Gasteiger partial charge >= 0.3 is 0 Å². The summed E-state index contributed by atoms with van der Waals surface area (Å²) in [6, 6.07) is -0.468. The van der Waals surface area contributed by atoms with Crippen LogP contribution in [-0.2, 0) is 14.3 Å². The van der Waals surface area contributed by atoms with Crippen molar-refractivity contribution < 1.29 is 14.3 Å². The predicted molar refractivity (Wildman–Crippen MR) is 55.5 cm³/mol. The van der Waals surface area contributed by atoms with Crippen molar-refractivity contribution in [2.75, 3.05) is 19.8 Å². The number of rotatable bonds is 4. The van der Waals surface area contributed by atoms with Crippen molar-refractivity contribution in [1.29, 1.82) is 0 Å². The van der Waals surface area contributed by atoms with Gasteiger partial charge in [0.15, 0.2) is 0 Å². The highest BCUT2D eigenvalue weighted by atomic mass is 16.5. The van der Waals surface area contributed by atoms with Gasteiger partial charge in [0, 0.05) is 0 Å². The molecule has 1 aliphatic rings. The van der Waals surface area contributed by atoms with E-state index in [1.54, 1.807) is 0 Å². The fourth-order valence-corrected chi connectivity index (χ4v) is 1.63. The highest BCUT2D eigenvalue weighted by molar-refractivity contribution is 6.19. The Morgan fingerprint density at radius 2 is 2.20 bits per heavy atom. The zero-order chi connectivity index (χ0) is 11.4. The van der Waals surface area contributed by atoms with Crippen molar-refractivity contribution in [2.24, 2.45) is 5.73 Å². The van der Waals surface area contributed by atoms with E-state index >= 15 is 0 Å². The van der Waals surface area contributed by atoms with Crippen LogP contribution < -0.4 is 5.73 Å². The number of ether oxygens (including phenoxy) is 1. The second-order valence-corrected chi connectivity index (χ2v) is 3.70. The highest BCUT2D eigenvalue weighted by Gasteiger charge is 2.33. The Labute approximate surface area is 90.3 Å². The molecule has 1 saturated heterocycles. The molecule has 1 amide bonds. The third-order valence-electron chi connectivity index (χ3n) is 2.38. The molecule has 2 N–H and O–H groups in total. The largest absolute Gasteiger partial charge is 0.378 e. The highest BCUT2D eigenvalue weighted by Crippen LogP contribution is 2.12. The average molecular weight is 210 g/mol. The van der Waals surface area contributed by atoms with Crippen molar-refractivity contribution in [3.8, 4) is 0 Å². The Balaban J connectivity index is 2.70. The maximum atomic E-state index is 11.5. The normalized spacial score (nSPS) is 25.2. The van der Waals surface area contributed by atoms with Crippen molar-refractivity contribution in [2.45, 2.75) is 25.3 Å². The molecule has 2 unspecified atom stereocenters. The lowest BCUT2D eigenvalue weighted by Gasteiger charge is -2.29. The summed E-state index contributed by atoms with van der Waals surface area (Å²) >= 11 is 0. The maximum Gasteiger partial charge on any atom is 0.214 e. The Morgan fingerprint density at radius 1 is 1.53 bits per heavy atom. The van der Waals surface area contributed by atoms with Gasteiger partial charge in [0.2, 0.25) is 5.91 Å². The van der Waals surface area contributed by atoms with Gasteiger partial charge in [-0.15, -0.1) is 0 Å². The first-order valence-corrected chi connectivity index (χ1v) is 4.88. The van der Waals surface area contributed by atoms with Crippen LogP contribution in [0.5, 0.6) is 0 Å². The third kappa shape index (κ3) is 3.04. The average Bonchev–Trinajstić information content (AvgIpc) is 2.59. The van der Waals surface area contributed by atoms with E-state index in [-0.39, 0.29) is 36.6 Å². The summed E-state index contributed by atoms with van der Waals surface area (Å²) in [4.78, 5) is 24.0. The molecule has 1 fully saturated rings. The number of nitrogens with zero attached hydrogens (tertiary/aromatic N) is 1. The lowest BCUT2D eigenvalue weighted by atomic mass is 10.0. The van der Waals surface area contributed by atoms with E-state index in [9.17, 15) is 9.59 Å². The molecule has 0 aliphatic carbocycles. The molecule has 0 bridgehead atoms. The van der Waals surface area contributed by atoms with Gasteiger partial charge in [0.25, 0.3) is 0 Å². The number of hydrogen-bond acceptors (Lipinski definition) is 4. The predicted octanol–water partition coefficient (Wildman–Crippen LogP) is -1.28. The molecule has 0 saturated carbocycles. The SMILES string of the molecule is [B]CC(=O)N(CC(C)=O)C1COCC1N. The number of ketones is 1. The minimum atomic E-state index is -0.267. The molecule has 0 aromatic rings. The number of nitrogens with two attached hydrogens (primary N) is 1. The van der Waals surface area contributed by atoms with Gasteiger partial charge in [0.1, 0.15) is 5.78 Å². The molecule has 0 spiro atoms. The van der Waals surface area contributed by atoms with Crippen LogP contribution in [0.15, 0.2) is 0 Å². The molecule has 2 atom stereocenters. The van der Waals surface area contributed by atoms with Crippen LogP contribution in [-0.4, -0.2) is 56.3 Å². The maximum absolute atomic E-state index is 11.5. The third-order valence-corrected chi connectivity index (χ3v) is 2.38. The number of amides is 1. The summed E-state index contributed by atoms with van der Waals surface area (Å²) in [6.07, 6.45) is -0.115. The molecular formula is C9H15BN2O3. The van der Waals surface area contributed by atoms with Crippen molar-refractivity contribution >= 4 is 19.5 Å². The zero-order valence-corrected chi connectivity index (χ0v) is 8.81. The first kappa shape index (κ1) is 12.2. The minimum Gasteiger partial charge on any atom is -0.378 e. The number of carbonyl (C=O) groups is 2. The summed E-state index contributed by atoms with van der Waals surface area (Å²) in [7, 11) is 5.28. The topological polar surface area (TPSA) is 72.6 Å². The van der Waals surface area contributed by atoms with E-state index in [0.29, 0.717) is 13.2 Å². The van der Waals surface area contributed by atoms with Crippen LogP contribution in [0.2, 0.25) is 6.32 Å². The lowest BCUT2D eigenvalue weighted by molar-refractivity contribution is -0.135. The second-order valence-electron chi connectivity index (χ2n) is 3.70. The Kier molecular flexibility index (Phi) is 4.29. The van der Waals surface area contributed by atoms with Gasteiger partial charge in [-0.3, -0.25) is 9.59 Å². The van der Waals surface area contributed by atoms with Crippen molar-refractivity contribution in [3.05, 3.63) is 0 Å². The molecule has 0 aromatic heterocycles. The monoisotopic (exact) mass is 210 g/mol. The van der Waals surface area contributed by atoms with Gasteiger partial charge in [-0.1, -0.05) is 0 Å². The molecule has 1 aliphatic heterocycles. The Hall–Kier alpha value is -0.875. The lowest BCUT2D eigenvalue weighted by Crippen LogP contribution is -2.51. The van der Waals surface area contributed by atoms with Crippen LogP contribution in [0.1, 0.15) is 6.92 Å². The van der Waals surface area contributed by atoms with E-state index in [2.05, 4.69) is 0 Å². The molecule has 2 radical (unpaired) electrons. The minimum absolute atomic E-state index is 0.0533. The molecule has 1 heterocycles. The molecule has 82 valence electrons. The van der Waals surface area contributed by atoms with Crippen molar-refractivity contribution in [1.82, 2.24) is 4.90 Å². The van der Waals surface area contributed by atoms with Gasteiger partial charge in [-0.25, -0.2) is 0 Å². The van der Waals surface area contributed by atoms with E-state index in [1.165, 1.54) is 11.8 Å². The van der Waals surface area contributed by atoms with Gasteiger partial charge in [0.05, 0.1) is 39.7 Å². The van der Waals surface area contributed by atoms with Gasteiger partial charge in [-0.2, -0.15) is 0 Å². The molecule has 5 nitrogen and oxygen atoms in total. The van der Waals surface area contributed by atoms with Crippen LogP contribution in [0.25, 0.3) is 0 Å². The quantitative estimate of drug-likeness (QED) is 0.586. The molecule has 15 heavy (non-hydrogen) atoms. The van der Waals surface area contributed by atoms with Crippen LogP contribution in [0, 0.1) is 0 Å². The summed E-state index contributed by atoms with van der Waals surface area (Å²) in [6.45, 7) is 2.27. The second kappa shape index (κ2) is 5.28. The fraction of sp³-hybridized carbons (Fsp3) is 0.778. The zero-order valence-electron chi connectivity index (χ0n) is 8.81. The van der Waals surface area contributed by atoms with Crippen LogP contribution >= 0.6 is 0 Å². The molecule has 0 aromatic carbocycles. The molecular weight excluding hydrogens is 195 g/mol. The molecule has 6 heteroatoms. The van der Waals surface area contributed by atoms with Gasteiger partial charge in [-0.05, 0) is 13.2 Å². The van der Waals surface area contributed by atoms with Gasteiger partial charge < -0.3 is 15.4 Å². The van der Waals surface area contributed by atoms with Crippen molar-refractivity contribution in [3.63, 3.8) is 0 Å². The number of Topliss-reactive ketones (excluding diaryl/α,β-unsaturated/α-hetero) is 1. The summed E-state index contributed by atoms with van der Waals surface area (Å²) < 4.78 is 5.16. The number of carbonyl (C=O) groups excluding carboxylic acids is 2. The Morgan fingerprint density at radius 3 is 2.60 bits per heavy atom. The van der Waals surface area contributed by atoms with Crippen LogP contribution in [0.3, 0.4) is 0 Å². The number of hydrogen-bond donors (Lipinski definition) is 1. The van der Waals surface area contributed by atoms with E-state index < -0.39 is 0 Å². The summed E-state index contributed by atoms with van der Waals surface area (Å²) in [5.74, 6) is -0.355. The standard InChI is InChI=1S/C9H15BN2O3/c1-6(13)3-12(9(14)2-10)8-5-15-4-7(8)11/h7-8H,2-5,11H2,1H3. The Bertz CT molecular complexity index is 260. The smallest absolute Gasteiger partial charge is 0.214 e. The first-order valence-electron chi connectivity index (χ1n) is 4.88. The van der Waals surface area contributed by atoms with E-state index in [1.807, 2.05) is 0 Å². The van der Waals surface area contributed by atoms with Crippen LogP contribution in [0.4, 0.5) is 0 Å². The fourth-order valence-electron chi connectivity index (χ4n) is 1.63.